The van der Waals surface area contributed by atoms with Crippen LogP contribution in [0.1, 0.15) is 13.8 Å². The van der Waals surface area contributed by atoms with Crippen molar-refractivity contribution in [3.63, 3.8) is 0 Å². The van der Waals surface area contributed by atoms with Crippen LogP contribution in [0.5, 0.6) is 5.75 Å². The molecule has 0 fully saturated rings. The Morgan fingerprint density at radius 1 is 0.960 bits per heavy atom. The highest BCUT2D eigenvalue weighted by molar-refractivity contribution is 5.65. The van der Waals surface area contributed by atoms with Crippen molar-refractivity contribution in [3.05, 3.63) is 24.3 Å². The van der Waals surface area contributed by atoms with Gasteiger partial charge in [-0.3, -0.25) is 9.74 Å². The molecule has 0 atom stereocenters. The average molecular weight is 349 g/mol. The van der Waals surface area contributed by atoms with Crippen LogP contribution >= 0.6 is 0 Å². The Morgan fingerprint density at radius 3 is 2.28 bits per heavy atom. The SMILES string of the molecule is CCOc1ccccc1-c1nc(N(CO)CO)nc(N(C)OCC)n1. The molecular formula is C16H23N5O4. The number of anilines is 2. The molecule has 136 valence electrons. The third-order valence-electron chi connectivity index (χ3n) is 3.27. The maximum Gasteiger partial charge on any atom is 0.254 e. The second-order valence-corrected chi connectivity index (χ2v) is 4.93. The van der Waals surface area contributed by atoms with Crippen molar-refractivity contribution in [1.29, 1.82) is 0 Å². The summed E-state index contributed by atoms with van der Waals surface area (Å²) in [5.41, 5.74) is 0.676. The number of hydroxylamine groups is 1. The predicted molar refractivity (Wildman–Crippen MR) is 93.1 cm³/mol. The molecule has 0 amide bonds. The summed E-state index contributed by atoms with van der Waals surface area (Å²) < 4.78 is 5.63. The van der Waals surface area contributed by atoms with Gasteiger partial charge in [-0.1, -0.05) is 12.1 Å². The van der Waals surface area contributed by atoms with Gasteiger partial charge in [0.1, 0.15) is 19.2 Å². The molecule has 2 rings (SSSR count). The lowest BCUT2D eigenvalue weighted by Crippen LogP contribution is -2.29. The van der Waals surface area contributed by atoms with Crippen LogP contribution in [0.3, 0.4) is 0 Å². The van der Waals surface area contributed by atoms with Crippen molar-refractivity contribution in [1.82, 2.24) is 15.0 Å². The second kappa shape index (κ2) is 9.11. The predicted octanol–water partition coefficient (Wildman–Crippen LogP) is 1.03. The van der Waals surface area contributed by atoms with E-state index in [4.69, 9.17) is 9.57 Å². The summed E-state index contributed by atoms with van der Waals surface area (Å²) in [6.45, 7) is 3.79. The molecule has 0 aliphatic rings. The number of aliphatic hydroxyl groups is 2. The number of hydrogen-bond acceptors (Lipinski definition) is 9. The van der Waals surface area contributed by atoms with Crippen molar-refractivity contribution >= 4 is 11.9 Å². The molecule has 0 unspecified atom stereocenters. The Morgan fingerprint density at radius 2 is 1.64 bits per heavy atom. The zero-order valence-corrected chi connectivity index (χ0v) is 14.6. The van der Waals surface area contributed by atoms with Crippen LogP contribution in [0.15, 0.2) is 24.3 Å². The fourth-order valence-corrected chi connectivity index (χ4v) is 2.11. The van der Waals surface area contributed by atoms with E-state index in [2.05, 4.69) is 15.0 Å². The van der Waals surface area contributed by atoms with Crippen LogP contribution in [0.25, 0.3) is 11.4 Å². The lowest BCUT2D eigenvalue weighted by Gasteiger charge is -2.21. The van der Waals surface area contributed by atoms with E-state index in [0.29, 0.717) is 30.4 Å². The average Bonchev–Trinajstić information content (AvgIpc) is 2.63. The molecular weight excluding hydrogens is 326 g/mol. The Labute approximate surface area is 146 Å². The lowest BCUT2D eigenvalue weighted by atomic mass is 10.2. The van der Waals surface area contributed by atoms with Gasteiger partial charge in [-0.25, -0.2) is 5.06 Å². The summed E-state index contributed by atoms with van der Waals surface area (Å²) in [5.74, 6) is 1.36. The van der Waals surface area contributed by atoms with Crippen LogP contribution in [-0.2, 0) is 4.84 Å². The largest absolute Gasteiger partial charge is 0.493 e. The molecule has 0 radical (unpaired) electrons. The molecule has 0 aliphatic carbocycles. The van der Waals surface area contributed by atoms with Gasteiger partial charge in [-0.05, 0) is 26.0 Å². The first-order valence-corrected chi connectivity index (χ1v) is 7.96. The molecule has 0 spiro atoms. The van der Waals surface area contributed by atoms with Crippen LogP contribution in [0, 0.1) is 0 Å². The fraction of sp³-hybridized carbons (Fsp3) is 0.438. The van der Waals surface area contributed by atoms with Crippen LogP contribution in [0.4, 0.5) is 11.9 Å². The number of aromatic nitrogens is 3. The number of benzene rings is 1. The number of para-hydroxylation sites is 1. The van der Waals surface area contributed by atoms with Crippen LogP contribution in [0.2, 0.25) is 0 Å². The van der Waals surface area contributed by atoms with Crippen molar-refractivity contribution < 1.29 is 19.8 Å². The second-order valence-electron chi connectivity index (χ2n) is 4.93. The minimum absolute atomic E-state index is 0.128. The number of nitrogens with zero attached hydrogens (tertiary/aromatic N) is 5. The van der Waals surface area contributed by atoms with Crippen molar-refractivity contribution in [2.75, 3.05) is 43.7 Å². The standard InChI is InChI=1S/C16H23N5O4/c1-4-24-13-9-7-6-8-12(13)14-17-15(20(3)25-5-2)19-16(18-14)21(10-22)11-23/h6-9,22-23H,4-5,10-11H2,1-3H3. The molecule has 1 aromatic carbocycles. The number of ether oxygens (including phenoxy) is 1. The highest BCUT2D eigenvalue weighted by atomic mass is 16.7. The molecule has 25 heavy (non-hydrogen) atoms. The molecule has 0 saturated heterocycles. The van der Waals surface area contributed by atoms with E-state index in [1.54, 1.807) is 7.05 Å². The van der Waals surface area contributed by atoms with E-state index in [-0.39, 0.29) is 11.9 Å². The van der Waals surface area contributed by atoms with E-state index in [9.17, 15) is 10.2 Å². The normalized spacial score (nSPS) is 10.6. The molecule has 1 heterocycles. The minimum Gasteiger partial charge on any atom is -0.493 e. The van der Waals surface area contributed by atoms with Crippen molar-refractivity contribution in [2.45, 2.75) is 13.8 Å². The smallest absolute Gasteiger partial charge is 0.254 e. The summed E-state index contributed by atoms with van der Waals surface area (Å²) in [4.78, 5) is 19.6. The van der Waals surface area contributed by atoms with Crippen LogP contribution < -0.4 is 14.7 Å². The summed E-state index contributed by atoms with van der Waals surface area (Å²) >= 11 is 0. The topological polar surface area (TPSA) is 104 Å². The highest BCUT2D eigenvalue weighted by Crippen LogP contribution is 2.29. The van der Waals surface area contributed by atoms with E-state index < -0.39 is 13.5 Å². The molecule has 0 bridgehead atoms. The van der Waals surface area contributed by atoms with Crippen molar-refractivity contribution in [2.24, 2.45) is 0 Å². The molecule has 9 nitrogen and oxygen atoms in total. The summed E-state index contributed by atoms with van der Waals surface area (Å²) in [5, 5.41) is 20.2. The van der Waals surface area contributed by atoms with Gasteiger partial charge in [0.2, 0.25) is 5.95 Å². The first-order chi connectivity index (χ1) is 12.1. The Hall–Kier alpha value is -2.49. The third-order valence-corrected chi connectivity index (χ3v) is 3.27. The maximum absolute atomic E-state index is 9.41. The molecule has 0 saturated carbocycles. The molecule has 1 aromatic heterocycles. The quantitative estimate of drug-likeness (QED) is 0.507. The van der Waals surface area contributed by atoms with Gasteiger partial charge in [0.25, 0.3) is 5.95 Å². The van der Waals surface area contributed by atoms with E-state index >= 15 is 0 Å². The van der Waals surface area contributed by atoms with Gasteiger partial charge in [0, 0.05) is 7.05 Å². The van der Waals surface area contributed by atoms with Crippen LogP contribution in [-0.4, -0.2) is 58.9 Å². The first kappa shape index (κ1) is 18.8. The summed E-state index contributed by atoms with van der Waals surface area (Å²) in [6, 6.07) is 7.36. The number of hydrogen-bond donors (Lipinski definition) is 2. The monoisotopic (exact) mass is 349 g/mol. The van der Waals surface area contributed by atoms with Gasteiger partial charge in [-0.2, -0.15) is 15.0 Å². The van der Waals surface area contributed by atoms with E-state index in [1.807, 2.05) is 38.1 Å². The van der Waals surface area contributed by atoms with Gasteiger partial charge in [-0.15, -0.1) is 0 Å². The van der Waals surface area contributed by atoms with Gasteiger partial charge in [0.05, 0.1) is 18.8 Å². The number of rotatable bonds is 9. The van der Waals surface area contributed by atoms with Gasteiger partial charge in [0.15, 0.2) is 5.82 Å². The van der Waals surface area contributed by atoms with Gasteiger partial charge < -0.3 is 14.9 Å². The van der Waals surface area contributed by atoms with Gasteiger partial charge >= 0.3 is 0 Å². The molecule has 2 N–H and O–H groups in total. The zero-order valence-electron chi connectivity index (χ0n) is 14.6. The maximum atomic E-state index is 9.41. The molecule has 2 aromatic rings. The fourth-order valence-electron chi connectivity index (χ4n) is 2.11. The third kappa shape index (κ3) is 4.53. The van der Waals surface area contributed by atoms with Crippen molar-refractivity contribution in [3.8, 4) is 17.1 Å². The molecule has 0 aliphatic heterocycles. The minimum atomic E-state index is -0.440. The zero-order chi connectivity index (χ0) is 18.2. The lowest BCUT2D eigenvalue weighted by molar-refractivity contribution is 0.130. The molecule has 9 heteroatoms. The highest BCUT2D eigenvalue weighted by Gasteiger charge is 2.18. The Balaban J connectivity index is 2.56. The first-order valence-electron chi connectivity index (χ1n) is 7.96. The Kier molecular flexibility index (Phi) is 6.87. The summed E-state index contributed by atoms with van der Waals surface area (Å²) in [6.07, 6.45) is 0. The summed E-state index contributed by atoms with van der Waals surface area (Å²) in [7, 11) is 1.67. The van der Waals surface area contributed by atoms with E-state index in [1.165, 1.54) is 9.96 Å². The number of aliphatic hydroxyl groups excluding tert-OH is 2. The Bertz CT molecular complexity index is 681. The van der Waals surface area contributed by atoms with E-state index in [0.717, 1.165) is 0 Å².